The molecule has 5 heteroatoms. The van der Waals surface area contributed by atoms with Crippen LogP contribution in [0.4, 0.5) is 4.79 Å². The summed E-state index contributed by atoms with van der Waals surface area (Å²) >= 11 is 0. The largest absolute Gasteiger partial charge is 0.468 e. The smallest absolute Gasteiger partial charge is 0.317 e. The fourth-order valence-electron chi connectivity index (χ4n) is 2.14. The molecule has 2 amide bonds. The van der Waals surface area contributed by atoms with Gasteiger partial charge in [0.25, 0.3) is 0 Å². The molecule has 0 atom stereocenters. The van der Waals surface area contributed by atoms with Crippen LogP contribution >= 0.6 is 0 Å². The van der Waals surface area contributed by atoms with Gasteiger partial charge >= 0.3 is 6.03 Å². The summed E-state index contributed by atoms with van der Waals surface area (Å²) in [4.78, 5) is 16.1. The van der Waals surface area contributed by atoms with Gasteiger partial charge in [-0.2, -0.15) is 0 Å². The number of carbonyl (C=O) groups excluding carboxylic acids is 1. The van der Waals surface area contributed by atoms with Crippen molar-refractivity contribution in [2.45, 2.75) is 20.4 Å². The van der Waals surface area contributed by atoms with Crippen LogP contribution in [0.15, 0.2) is 22.8 Å². The van der Waals surface area contributed by atoms with Gasteiger partial charge in [-0.1, -0.05) is 13.8 Å². The van der Waals surface area contributed by atoms with Gasteiger partial charge in [0.15, 0.2) is 0 Å². The maximum absolute atomic E-state index is 11.9. The van der Waals surface area contributed by atoms with Gasteiger partial charge in [0.1, 0.15) is 5.76 Å². The van der Waals surface area contributed by atoms with Gasteiger partial charge in [-0.05, 0) is 18.1 Å². The number of nitrogens with zero attached hydrogens (tertiary/aromatic N) is 2. The molecule has 0 aromatic carbocycles. The predicted molar refractivity (Wildman–Crippen MR) is 73.8 cm³/mol. The molecule has 106 valence electrons. The second-order valence-corrected chi connectivity index (χ2v) is 5.42. The van der Waals surface area contributed by atoms with Crippen molar-refractivity contribution in [3.05, 3.63) is 24.2 Å². The number of rotatable bonds is 4. The van der Waals surface area contributed by atoms with Crippen LogP contribution in [-0.2, 0) is 6.54 Å². The molecular formula is C14H23N3O2. The van der Waals surface area contributed by atoms with E-state index < -0.39 is 0 Å². The average molecular weight is 265 g/mol. The monoisotopic (exact) mass is 265 g/mol. The molecule has 1 aromatic heterocycles. The molecule has 2 rings (SSSR count). The molecule has 1 aliphatic rings. The summed E-state index contributed by atoms with van der Waals surface area (Å²) in [5.41, 5.74) is 0. The molecule has 1 N–H and O–H groups in total. The Labute approximate surface area is 114 Å². The SMILES string of the molecule is CC(C)CNC(=O)N1CCN(Cc2ccco2)CC1. The standard InChI is InChI=1S/C14H23N3O2/c1-12(2)10-15-14(18)17-7-5-16(6-8-17)11-13-4-3-9-19-13/h3-4,9,12H,5-8,10-11H2,1-2H3,(H,15,18). The Morgan fingerprint density at radius 2 is 2.11 bits per heavy atom. The highest BCUT2D eigenvalue weighted by Crippen LogP contribution is 2.09. The molecule has 1 aromatic rings. The van der Waals surface area contributed by atoms with E-state index in [0.29, 0.717) is 5.92 Å². The maximum Gasteiger partial charge on any atom is 0.317 e. The molecule has 1 fully saturated rings. The van der Waals surface area contributed by atoms with E-state index in [2.05, 4.69) is 24.1 Å². The normalized spacial score (nSPS) is 16.9. The molecule has 1 saturated heterocycles. The fourth-order valence-corrected chi connectivity index (χ4v) is 2.14. The summed E-state index contributed by atoms with van der Waals surface area (Å²) in [6, 6.07) is 3.96. The number of furan rings is 1. The van der Waals surface area contributed by atoms with Crippen LogP contribution in [0.2, 0.25) is 0 Å². The molecule has 0 radical (unpaired) electrons. The zero-order valence-electron chi connectivity index (χ0n) is 11.8. The van der Waals surface area contributed by atoms with Crippen LogP contribution in [0.1, 0.15) is 19.6 Å². The van der Waals surface area contributed by atoms with E-state index in [-0.39, 0.29) is 6.03 Å². The Hall–Kier alpha value is -1.49. The van der Waals surface area contributed by atoms with Crippen molar-refractivity contribution < 1.29 is 9.21 Å². The van der Waals surface area contributed by atoms with E-state index in [1.807, 2.05) is 17.0 Å². The molecule has 2 heterocycles. The molecule has 0 saturated carbocycles. The molecule has 0 spiro atoms. The molecule has 19 heavy (non-hydrogen) atoms. The van der Waals surface area contributed by atoms with Crippen molar-refractivity contribution in [3.63, 3.8) is 0 Å². The third-order valence-corrected chi connectivity index (χ3v) is 3.28. The lowest BCUT2D eigenvalue weighted by molar-refractivity contribution is 0.129. The maximum atomic E-state index is 11.9. The van der Waals surface area contributed by atoms with Crippen molar-refractivity contribution >= 4 is 6.03 Å². The number of urea groups is 1. The summed E-state index contributed by atoms with van der Waals surface area (Å²) in [6.45, 7) is 9.13. The Balaban J connectivity index is 1.71. The highest BCUT2D eigenvalue weighted by atomic mass is 16.3. The van der Waals surface area contributed by atoms with Gasteiger partial charge in [-0.3, -0.25) is 4.90 Å². The zero-order valence-corrected chi connectivity index (χ0v) is 11.8. The summed E-state index contributed by atoms with van der Waals surface area (Å²) in [5, 5.41) is 2.96. The van der Waals surface area contributed by atoms with Crippen molar-refractivity contribution in [2.75, 3.05) is 32.7 Å². The number of amides is 2. The van der Waals surface area contributed by atoms with Crippen LogP contribution < -0.4 is 5.32 Å². The molecule has 5 nitrogen and oxygen atoms in total. The van der Waals surface area contributed by atoms with E-state index >= 15 is 0 Å². The molecule has 0 bridgehead atoms. The second kappa shape index (κ2) is 6.61. The molecule has 0 aliphatic carbocycles. The van der Waals surface area contributed by atoms with E-state index in [1.165, 1.54) is 0 Å². The van der Waals surface area contributed by atoms with E-state index in [4.69, 9.17) is 4.42 Å². The number of piperazine rings is 1. The van der Waals surface area contributed by atoms with Crippen LogP contribution in [0, 0.1) is 5.92 Å². The summed E-state index contributed by atoms with van der Waals surface area (Å²) in [5.74, 6) is 1.47. The van der Waals surface area contributed by atoms with Crippen LogP contribution in [0.25, 0.3) is 0 Å². The Morgan fingerprint density at radius 3 is 2.68 bits per heavy atom. The highest BCUT2D eigenvalue weighted by Gasteiger charge is 2.21. The van der Waals surface area contributed by atoms with Crippen LogP contribution in [-0.4, -0.2) is 48.6 Å². The van der Waals surface area contributed by atoms with Gasteiger partial charge in [-0.15, -0.1) is 0 Å². The van der Waals surface area contributed by atoms with Crippen molar-refractivity contribution in [3.8, 4) is 0 Å². The fraction of sp³-hybridized carbons (Fsp3) is 0.643. The van der Waals surface area contributed by atoms with Crippen LogP contribution in [0.3, 0.4) is 0 Å². The van der Waals surface area contributed by atoms with Crippen LogP contribution in [0.5, 0.6) is 0 Å². The lowest BCUT2D eigenvalue weighted by Crippen LogP contribution is -2.51. The second-order valence-electron chi connectivity index (χ2n) is 5.42. The quantitative estimate of drug-likeness (QED) is 0.902. The number of hydrogen-bond acceptors (Lipinski definition) is 3. The van der Waals surface area contributed by atoms with Crippen molar-refractivity contribution in [1.29, 1.82) is 0 Å². The van der Waals surface area contributed by atoms with Gasteiger partial charge in [0, 0.05) is 32.7 Å². The van der Waals surface area contributed by atoms with Gasteiger partial charge in [0.2, 0.25) is 0 Å². The summed E-state index contributed by atoms with van der Waals surface area (Å²) in [6.07, 6.45) is 1.70. The highest BCUT2D eigenvalue weighted by molar-refractivity contribution is 5.74. The number of hydrogen-bond donors (Lipinski definition) is 1. The Morgan fingerprint density at radius 1 is 1.37 bits per heavy atom. The Kier molecular flexibility index (Phi) is 4.85. The number of carbonyl (C=O) groups is 1. The summed E-state index contributed by atoms with van der Waals surface area (Å²) in [7, 11) is 0. The first-order valence-electron chi connectivity index (χ1n) is 6.92. The minimum Gasteiger partial charge on any atom is -0.468 e. The first-order valence-corrected chi connectivity index (χ1v) is 6.92. The van der Waals surface area contributed by atoms with Gasteiger partial charge in [0.05, 0.1) is 12.8 Å². The van der Waals surface area contributed by atoms with E-state index in [1.54, 1.807) is 6.26 Å². The van der Waals surface area contributed by atoms with Crippen molar-refractivity contribution in [2.24, 2.45) is 5.92 Å². The summed E-state index contributed by atoms with van der Waals surface area (Å²) < 4.78 is 5.34. The Bertz CT molecular complexity index is 381. The molecule has 0 unspecified atom stereocenters. The lowest BCUT2D eigenvalue weighted by Gasteiger charge is -2.34. The number of nitrogens with one attached hydrogen (secondary N) is 1. The lowest BCUT2D eigenvalue weighted by atomic mass is 10.2. The zero-order chi connectivity index (χ0) is 13.7. The van der Waals surface area contributed by atoms with E-state index in [9.17, 15) is 4.79 Å². The first-order chi connectivity index (χ1) is 9.15. The molecular weight excluding hydrogens is 242 g/mol. The third kappa shape index (κ3) is 4.28. The van der Waals surface area contributed by atoms with Crippen molar-refractivity contribution in [1.82, 2.24) is 15.1 Å². The topological polar surface area (TPSA) is 48.7 Å². The minimum atomic E-state index is 0.0614. The first kappa shape index (κ1) is 13.9. The molecule has 1 aliphatic heterocycles. The van der Waals surface area contributed by atoms with Gasteiger partial charge in [-0.25, -0.2) is 4.79 Å². The van der Waals surface area contributed by atoms with E-state index in [0.717, 1.165) is 45.0 Å². The van der Waals surface area contributed by atoms with Gasteiger partial charge < -0.3 is 14.6 Å². The third-order valence-electron chi connectivity index (χ3n) is 3.28. The average Bonchev–Trinajstić information content (AvgIpc) is 2.89. The minimum absolute atomic E-state index is 0.0614. The predicted octanol–water partition coefficient (Wildman–Crippen LogP) is 1.76.